The van der Waals surface area contributed by atoms with Gasteiger partial charge in [-0.1, -0.05) is 18.2 Å². The number of aryl methyl sites for hydroxylation is 1. The van der Waals surface area contributed by atoms with Crippen LogP contribution in [-0.4, -0.2) is 11.1 Å². The predicted molar refractivity (Wildman–Crippen MR) is 83.9 cm³/mol. The lowest BCUT2D eigenvalue weighted by atomic mass is 10.2. The molecule has 3 nitrogen and oxygen atoms in total. The summed E-state index contributed by atoms with van der Waals surface area (Å²) in [5.41, 5.74) is 1.72. The maximum atomic E-state index is 12.4. The van der Waals surface area contributed by atoms with Crippen LogP contribution < -0.4 is 4.90 Å². The highest BCUT2D eigenvalue weighted by Crippen LogP contribution is 2.36. The van der Waals surface area contributed by atoms with E-state index in [4.69, 9.17) is 0 Å². The largest absolute Gasteiger partial charge is 0.298 e. The molecule has 5 heteroatoms. The Morgan fingerprint density at radius 1 is 1.10 bits per heavy atom. The van der Waals surface area contributed by atoms with Crippen molar-refractivity contribution in [2.24, 2.45) is 0 Å². The molecule has 1 aromatic carbocycles. The van der Waals surface area contributed by atoms with Gasteiger partial charge in [0.05, 0.1) is 10.6 Å². The van der Waals surface area contributed by atoms with Crippen LogP contribution in [0.3, 0.4) is 0 Å². The first-order chi connectivity index (χ1) is 9.66. The summed E-state index contributed by atoms with van der Waals surface area (Å²) < 4.78 is 0. The topological polar surface area (TPSA) is 37.4 Å². The van der Waals surface area contributed by atoms with Crippen molar-refractivity contribution < 1.29 is 9.59 Å². The number of carbonyl (C=O) groups is 2. The molecular formula is C15H11NO2S2. The van der Waals surface area contributed by atoms with Crippen molar-refractivity contribution in [3.63, 3.8) is 0 Å². The van der Waals surface area contributed by atoms with E-state index < -0.39 is 0 Å². The summed E-state index contributed by atoms with van der Waals surface area (Å²) in [6.07, 6.45) is 1.80. The Balaban J connectivity index is 1.95. The maximum Gasteiger partial charge on any atom is 0.298 e. The minimum atomic E-state index is -0.251. The molecule has 20 heavy (non-hydrogen) atoms. The lowest BCUT2D eigenvalue weighted by Crippen LogP contribution is -2.27. The van der Waals surface area contributed by atoms with Crippen LogP contribution in [0.1, 0.15) is 10.4 Å². The molecule has 2 heterocycles. The first kappa shape index (κ1) is 13.1. The van der Waals surface area contributed by atoms with Crippen LogP contribution in [-0.2, 0) is 4.79 Å². The van der Waals surface area contributed by atoms with E-state index in [-0.39, 0.29) is 11.1 Å². The number of thiophene rings is 1. The fraction of sp³-hybridized carbons (Fsp3) is 0.0667. The van der Waals surface area contributed by atoms with Crippen LogP contribution >= 0.6 is 23.1 Å². The Bertz CT molecular complexity index is 704. The lowest BCUT2D eigenvalue weighted by Gasteiger charge is -2.11. The van der Waals surface area contributed by atoms with Crippen molar-refractivity contribution in [3.8, 4) is 0 Å². The second kappa shape index (κ2) is 5.26. The van der Waals surface area contributed by atoms with Gasteiger partial charge in [-0.15, -0.1) is 11.3 Å². The number of hydrogen-bond acceptors (Lipinski definition) is 4. The van der Waals surface area contributed by atoms with E-state index in [1.165, 1.54) is 4.90 Å². The number of amides is 2. The average molecular weight is 301 g/mol. The fourth-order valence-electron chi connectivity index (χ4n) is 1.92. The van der Waals surface area contributed by atoms with Gasteiger partial charge in [0.1, 0.15) is 0 Å². The normalized spacial score (nSPS) is 17.2. The van der Waals surface area contributed by atoms with Crippen LogP contribution in [0, 0.1) is 6.92 Å². The van der Waals surface area contributed by atoms with Crippen molar-refractivity contribution in [1.82, 2.24) is 0 Å². The third-order valence-electron chi connectivity index (χ3n) is 2.97. The van der Waals surface area contributed by atoms with Crippen molar-refractivity contribution in [2.75, 3.05) is 4.90 Å². The van der Waals surface area contributed by atoms with Gasteiger partial charge in [-0.25, -0.2) is 4.90 Å². The van der Waals surface area contributed by atoms with Gasteiger partial charge in [0.2, 0.25) is 0 Å². The third kappa shape index (κ3) is 2.30. The quantitative estimate of drug-likeness (QED) is 0.776. The van der Waals surface area contributed by atoms with E-state index in [0.717, 1.165) is 22.2 Å². The van der Waals surface area contributed by atoms with Crippen molar-refractivity contribution in [1.29, 1.82) is 0 Å². The molecule has 1 aliphatic heterocycles. The van der Waals surface area contributed by atoms with Gasteiger partial charge in [-0.2, -0.15) is 0 Å². The van der Waals surface area contributed by atoms with E-state index in [1.54, 1.807) is 29.5 Å². The van der Waals surface area contributed by atoms with Gasteiger partial charge in [0.25, 0.3) is 11.1 Å². The zero-order valence-corrected chi connectivity index (χ0v) is 12.3. The van der Waals surface area contributed by atoms with Crippen LogP contribution in [0.5, 0.6) is 0 Å². The SMILES string of the molecule is Cc1ccsc1/C=C1/SC(=O)N(c2ccccc2)C1=O. The Morgan fingerprint density at radius 2 is 1.85 bits per heavy atom. The van der Waals surface area contributed by atoms with Crippen molar-refractivity contribution in [3.05, 3.63) is 57.1 Å². The molecule has 1 aromatic heterocycles. The summed E-state index contributed by atoms with van der Waals surface area (Å²) >= 11 is 2.55. The van der Waals surface area contributed by atoms with Crippen LogP contribution in [0.4, 0.5) is 10.5 Å². The molecule has 0 aliphatic carbocycles. The zero-order chi connectivity index (χ0) is 14.1. The standard InChI is InChI=1S/C15H11NO2S2/c1-10-7-8-19-12(10)9-13-14(17)16(15(18)20-13)11-5-3-2-4-6-11/h2-9H,1H3/b13-9+. The second-order valence-corrected chi connectivity index (χ2v) is 6.26. The van der Waals surface area contributed by atoms with Crippen molar-refractivity contribution in [2.45, 2.75) is 6.92 Å². The van der Waals surface area contributed by atoms with Gasteiger partial charge < -0.3 is 0 Å². The Labute approximate surface area is 124 Å². The van der Waals surface area contributed by atoms with Gasteiger partial charge in [0, 0.05) is 4.88 Å². The Morgan fingerprint density at radius 3 is 2.50 bits per heavy atom. The maximum absolute atomic E-state index is 12.4. The number of hydrogen-bond donors (Lipinski definition) is 0. The third-order valence-corrected chi connectivity index (χ3v) is 4.81. The molecule has 1 fully saturated rings. The highest BCUT2D eigenvalue weighted by atomic mass is 32.2. The van der Waals surface area contributed by atoms with Crippen LogP contribution in [0.15, 0.2) is 46.7 Å². The molecule has 1 saturated heterocycles. The smallest absolute Gasteiger partial charge is 0.268 e. The molecule has 0 N–H and O–H groups in total. The number of imide groups is 1. The number of benzene rings is 1. The number of thioether (sulfide) groups is 1. The fourth-order valence-corrected chi connectivity index (χ4v) is 3.68. The van der Waals surface area contributed by atoms with Gasteiger partial charge in [-0.3, -0.25) is 9.59 Å². The monoisotopic (exact) mass is 301 g/mol. The molecule has 0 radical (unpaired) electrons. The highest BCUT2D eigenvalue weighted by molar-refractivity contribution is 8.19. The number of carbonyl (C=O) groups excluding carboxylic acids is 2. The number of nitrogens with zero attached hydrogens (tertiary/aromatic N) is 1. The number of para-hydroxylation sites is 1. The van der Waals surface area contributed by atoms with Crippen molar-refractivity contribution >= 4 is 46.0 Å². The molecule has 0 spiro atoms. The predicted octanol–water partition coefficient (Wildman–Crippen LogP) is 4.30. The lowest BCUT2D eigenvalue weighted by molar-refractivity contribution is -0.113. The van der Waals surface area contributed by atoms with E-state index in [9.17, 15) is 9.59 Å². The van der Waals surface area contributed by atoms with Gasteiger partial charge in [0.15, 0.2) is 0 Å². The van der Waals surface area contributed by atoms with E-state index in [0.29, 0.717) is 10.6 Å². The minimum Gasteiger partial charge on any atom is -0.268 e. The average Bonchev–Trinajstić information content (AvgIpc) is 2.96. The van der Waals surface area contributed by atoms with E-state index >= 15 is 0 Å². The summed E-state index contributed by atoms with van der Waals surface area (Å²) in [5, 5.41) is 1.73. The first-order valence-corrected chi connectivity index (χ1v) is 7.73. The zero-order valence-electron chi connectivity index (χ0n) is 10.7. The Kier molecular flexibility index (Phi) is 3.46. The second-order valence-electron chi connectivity index (χ2n) is 4.32. The minimum absolute atomic E-state index is 0.248. The first-order valence-electron chi connectivity index (χ1n) is 6.04. The molecule has 0 saturated carbocycles. The summed E-state index contributed by atoms with van der Waals surface area (Å²) in [6, 6.07) is 11.0. The summed E-state index contributed by atoms with van der Waals surface area (Å²) in [7, 11) is 0. The summed E-state index contributed by atoms with van der Waals surface area (Å²) in [5.74, 6) is -0.251. The molecule has 3 rings (SSSR count). The molecule has 0 unspecified atom stereocenters. The van der Waals surface area contributed by atoms with Gasteiger partial charge in [-0.05, 0) is 53.9 Å². The molecule has 1 aliphatic rings. The molecule has 0 atom stereocenters. The van der Waals surface area contributed by atoms with Gasteiger partial charge >= 0.3 is 0 Å². The highest BCUT2D eigenvalue weighted by Gasteiger charge is 2.36. The van der Waals surface area contributed by atoms with Crippen LogP contribution in [0.25, 0.3) is 6.08 Å². The molecule has 0 bridgehead atoms. The van der Waals surface area contributed by atoms with Crippen LogP contribution in [0.2, 0.25) is 0 Å². The number of anilines is 1. The summed E-state index contributed by atoms with van der Waals surface area (Å²) in [6.45, 7) is 1.99. The molecule has 2 amide bonds. The molecule has 2 aromatic rings. The number of rotatable bonds is 2. The van der Waals surface area contributed by atoms with E-state index in [1.807, 2.05) is 36.6 Å². The Hall–Kier alpha value is -1.85. The molecule has 100 valence electrons. The van der Waals surface area contributed by atoms with E-state index in [2.05, 4.69) is 0 Å². The summed E-state index contributed by atoms with van der Waals surface area (Å²) in [4.78, 5) is 27.1. The molecular weight excluding hydrogens is 290 g/mol.